The van der Waals surface area contributed by atoms with Gasteiger partial charge in [0.2, 0.25) is 29.5 Å². The van der Waals surface area contributed by atoms with Gasteiger partial charge in [0.15, 0.2) is 5.60 Å². The summed E-state index contributed by atoms with van der Waals surface area (Å²) in [7, 11) is 0. The molecule has 0 fully saturated rings. The molecule has 6 amide bonds. The van der Waals surface area contributed by atoms with Crippen molar-refractivity contribution in [3.05, 3.63) is 156 Å². The molecule has 0 saturated heterocycles. The molecular weight excluding hydrogens is 1020 g/mol. The molecule has 0 bridgehead atoms. The minimum absolute atomic E-state index is 0.0145. The zero-order valence-electron chi connectivity index (χ0n) is 42.6. The van der Waals surface area contributed by atoms with Gasteiger partial charge in [-0.2, -0.15) is 0 Å². The normalized spacial score (nSPS) is 16.8. The quantitative estimate of drug-likeness (QED) is 0.0367. The number of alkyl carbamates (subject to hydrolysis) is 1. The van der Waals surface area contributed by atoms with Crippen LogP contribution in [-0.2, 0) is 74.6 Å². The van der Waals surface area contributed by atoms with E-state index in [2.05, 4.69) is 31.9 Å². The molecule has 10 rings (SSSR count). The Kier molecular flexibility index (Phi) is 15.1. The van der Waals surface area contributed by atoms with E-state index in [1.807, 2.05) is 55.5 Å². The molecule has 4 aliphatic rings. The van der Waals surface area contributed by atoms with E-state index in [-0.39, 0.29) is 56.4 Å². The van der Waals surface area contributed by atoms with Gasteiger partial charge in [-0.15, -0.1) is 0 Å². The Morgan fingerprint density at radius 2 is 1.51 bits per heavy atom. The van der Waals surface area contributed by atoms with Crippen molar-refractivity contribution in [3.8, 4) is 22.5 Å². The maximum Gasteiger partial charge on any atom is 0.407 e. The highest BCUT2D eigenvalue weighted by atomic mass is 35.5. The molecule has 2 aromatic heterocycles. The van der Waals surface area contributed by atoms with Crippen LogP contribution >= 0.6 is 11.6 Å². The van der Waals surface area contributed by atoms with Crippen molar-refractivity contribution in [2.45, 2.75) is 76.3 Å². The summed E-state index contributed by atoms with van der Waals surface area (Å²) < 4.78 is 17.8. The van der Waals surface area contributed by atoms with Gasteiger partial charge in [-0.05, 0) is 82.8 Å². The number of ether oxygens (including phenoxy) is 3. The Labute approximate surface area is 451 Å². The zero-order valence-corrected chi connectivity index (χ0v) is 43.3. The number of fused-ring (bicyclic) bond motifs is 8. The first-order valence-corrected chi connectivity index (χ1v) is 25.9. The van der Waals surface area contributed by atoms with Crippen LogP contribution in [0.4, 0.5) is 4.79 Å². The topological polar surface area (TPSA) is 274 Å². The molecule has 21 heteroatoms. The number of esters is 1. The summed E-state index contributed by atoms with van der Waals surface area (Å²) in [6.07, 6.45) is 0.271. The van der Waals surface area contributed by atoms with Crippen molar-refractivity contribution in [2.75, 3.05) is 39.6 Å². The number of rotatable bonds is 18. The van der Waals surface area contributed by atoms with Crippen molar-refractivity contribution in [1.82, 2.24) is 41.5 Å². The fraction of sp³-hybridized carbons (Fsp3) is 0.316. The Morgan fingerprint density at radius 1 is 0.833 bits per heavy atom. The Hall–Kier alpha value is -8.46. The van der Waals surface area contributed by atoms with Crippen LogP contribution in [0.25, 0.3) is 33.4 Å². The maximum absolute atomic E-state index is 14.0. The lowest BCUT2D eigenvalue weighted by Gasteiger charge is -2.31. The number of nitrogens with zero attached hydrogens (tertiary/aromatic N) is 2. The van der Waals surface area contributed by atoms with Gasteiger partial charge < -0.3 is 55.8 Å². The van der Waals surface area contributed by atoms with Gasteiger partial charge in [-0.3, -0.25) is 28.8 Å². The van der Waals surface area contributed by atoms with Crippen LogP contribution in [0.5, 0.6) is 0 Å². The van der Waals surface area contributed by atoms with E-state index in [0.717, 1.165) is 44.3 Å². The second-order valence-electron chi connectivity index (χ2n) is 19.5. The number of cyclic esters (lactones) is 1. The molecule has 20 nitrogen and oxygen atoms in total. The van der Waals surface area contributed by atoms with Crippen LogP contribution in [0.2, 0.25) is 5.02 Å². The van der Waals surface area contributed by atoms with Crippen molar-refractivity contribution >= 4 is 64.1 Å². The summed E-state index contributed by atoms with van der Waals surface area (Å²) >= 11 is 6.72. The highest BCUT2D eigenvalue weighted by molar-refractivity contribution is 6.32. The van der Waals surface area contributed by atoms with Crippen LogP contribution in [0.3, 0.4) is 0 Å². The van der Waals surface area contributed by atoms with E-state index in [0.29, 0.717) is 45.9 Å². The first-order chi connectivity index (χ1) is 37.6. The van der Waals surface area contributed by atoms with Crippen molar-refractivity contribution < 1.29 is 52.9 Å². The fourth-order valence-corrected chi connectivity index (χ4v) is 11.1. The number of nitrogens with one attached hydrogen (secondary N) is 6. The minimum Gasteiger partial charge on any atom is -0.458 e. The lowest BCUT2D eigenvalue weighted by atomic mass is 9.81. The van der Waals surface area contributed by atoms with Gasteiger partial charge in [0.25, 0.3) is 5.56 Å². The molecule has 0 saturated carbocycles. The smallest absolute Gasteiger partial charge is 0.407 e. The number of hydrogen-bond acceptors (Lipinski definition) is 13. The lowest BCUT2D eigenvalue weighted by Crippen LogP contribution is -2.52. The molecule has 78 heavy (non-hydrogen) atoms. The zero-order chi connectivity index (χ0) is 54.8. The molecule has 0 unspecified atom stereocenters. The number of aromatic nitrogens is 2. The number of carbonyl (C=O) groups is 7. The highest BCUT2D eigenvalue weighted by Gasteiger charge is 2.46. The Balaban J connectivity index is 0.700. The maximum atomic E-state index is 14.0. The van der Waals surface area contributed by atoms with E-state index < -0.39 is 91.1 Å². The van der Waals surface area contributed by atoms with Crippen LogP contribution in [0.1, 0.15) is 81.8 Å². The van der Waals surface area contributed by atoms with Crippen molar-refractivity contribution in [3.63, 3.8) is 0 Å². The average Bonchev–Trinajstić information content (AvgIpc) is 3.92. The lowest BCUT2D eigenvalue weighted by molar-refractivity contribution is -0.172. The Morgan fingerprint density at radius 3 is 2.24 bits per heavy atom. The second kappa shape index (κ2) is 22.3. The van der Waals surface area contributed by atoms with Crippen LogP contribution in [0.15, 0.2) is 95.8 Å². The van der Waals surface area contributed by atoms with Crippen LogP contribution in [-0.4, -0.2) is 102 Å². The molecular formula is C57H55ClN8O12. The third-order valence-corrected chi connectivity index (χ3v) is 15.3. The van der Waals surface area contributed by atoms with E-state index >= 15 is 0 Å². The fourth-order valence-electron chi connectivity index (χ4n) is 10.9. The molecule has 6 aromatic rings. The van der Waals surface area contributed by atoms with Gasteiger partial charge in [0, 0.05) is 33.9 Å². The number of carbonyl (C=O) groups excluding carboxylic acids is 7. The first-order valence-electron chi connectivity index (χ1n) is 25.5. The SMILES string of the molecule is CC[C@@]1(O)C(=O)OCc2c1cc1n(c2=O)Cc2c-1nc1cc(Cl)c(C)c3c1c2[C@@H](NC(=O)COCNC(=O)CNC(=O)[C@H](Cc1ccccc1)NC(=O)CNC(=O)CNC(=O)OCC1c2ccccc2-c2ccccc21)CC3. The van der Waals surface area contributed by atoms with Gasteiger partial charge in [-0.1, -0.05) is 97.4 Å². The third kappa shape index (κ3) is 10.4. The largest absolute Gasteiger partial charge is 0.458 e. The van der Waals surface area contributed by atoms with Crippen LogP contribution < -0.4 is 37.5 Å². The molecule has 0 spiro atoms. The molecule has 4 aromatic carbocycles. The summed E-state index contributed by atoms with van der Waals surface area (Å²) in [6, 6.07) is 26.3. The van der Waals surface area contributed by atoms with Crippen molar-refractivity contribution in [1.29, 1.82) is 0 Å². The van der Waals surface area contributed by atoms with E-state index in [1.54, 1.807) is 49.4 Å². The molecule has 402 valence electrons. The predicted octanol–water partition coefficient (Wildman–Crippen LogP) is 3.73. The molecule has 2 aliphatic heterocycles. The summed E-state index contributed by atoms with van der Waals surface area (Å²) in [5, 5.41) is 28.2. The van der Waals surface area contributed by atoms with E-state index in [1.165, 1.54) is 4.57 Å². The first kappa shape index (κ1) is 53.0. The van der Waals surface area contributed by atoms with Gasteiger partial charge >= 0.3 is 12.1 Å². The molecule has 3 atom stereocenters. The third-order valence-electron chi connectivity index (χ3n) is 14.9. The number of amides is 6. The van der Waals surface area contributed by atoms with Gasteiger partial charge in [-0.25, -0.2) is 14.6 Å². The molecule has 7 N–H and O–H groups in total. The second-order valence-corrected chi connectivity index (χ2v) is 20.0. The summed E-state index contributed by atoms with van der Waals surface area (Å²) in [5.41, 5.74) is 7.60. The van der Waals surface area contributed by atoms with Gasteiger partial charge in [0.1, 0.15) is 39.1 Å². The number of aryl methyl sites for hydroxylation is 1. The van der Waals surface area contributed by atoms with Crippen LogP contribution in [0, 0.1) is 6.92 Å². The van der Waals surface area contributed by atoms with Crippen molar-refractivity contribution in [2.24, 2.45) is 0 Å². The number of pyridine rings is 2. The standard InChI is InChI=1S/C57H55ClN8O12/c1-3-57(75)40-20-45-52-37(25-66(45)54(72)39(40)27-77-55(57)73)51-42(18-17-32-30(2)41(58)21-43(65-52)50(32)51)63-49(70)28-76-29-62-47(68)22-60-53(71)44(19-31-11-5-4-6-12-31)64-48(69)24-59-46(67)23-61-56(74)78-26-38-35-15-9-7-13-33(35)34-14-8-10-16-36(34)38/h4-16,20-21,38,42,44,75H,3,17-19,22-29H2,1-2H3,(H,59,67)(H,60,71)(H,61,74)(H,62,68)(H,63,70)(H,64,69)/t42-,44-,57-/m0/s1. The average molecular weight is 1080 g/mol. The molecule has 4 heterocycles. The Bertz CT molecular complexity index is 3470. The number of aliphatic hydroxyl groups is 1. The van der Waals surface area contributed by atoms with Gasteiger partial charge in [0.05, 0.1) is 48.1 Å². The number of hydrogen-bond donors (Lipinski definition) is 7. The number of benzene rings is 4. The summed E-state index contributed by atoms with van der Waals surface area (Å²) in [6.45, 7) is 1.11. The monoisotopic (exact) mass is 1080 g/mol. The summed E-state index contributed by atoms with van der Waals surface area (Å²) in [4.78, 5) is 110. The highest BCUT2D eigenvalue weighted by Crippen LogP contribution is 2.47. The summed E-state index contributed by atoms with van der Waals surface area (Å²) in [5.74, 6) is -4.21. The van der Waals surface area contributed by atoms with E-state index in [4.69, 9.17) is 30.8 Å². The predicted molar refractivity (Wildman–Crippen MR) is 284 cm³/mol. The van der Waals surface area contributed by atoms with E-state index in [9.17, 15) is 43.5 Å². The minimum atomic E-state index is -2.01. The molecule has 2 aliphatic carbocycles. The number of halogens is 1. The molecule has 0 radical (unpaired) electrons.